The van der Waals surface area contributed by atoms with Crippen LogP contribution in [0.3, 0.4) is 0 Å². The normalized spacial score (nSPS) is 10.2. The van der Waals surface area contributed by atoms with Crippen LogP contribution < -0.4 is 14.8 Å². The third kappa shape index (κ3) is 6.02. The number of carbonyl (C=O) groups is 2. The zero-order valence-corrected chi connectivity index (χ0v) is 16.0. The maximum absolute atomic E-state index is 12.3. The molecule has 0 aromatic heterocycles. The molecule has 0 fully saturated rings. The quantitative estimate of drug-likeness (QED) is 0.732. The summed E-state index contributed by atoms with van der Waals surface area (Å²) in [6.45, 7) is 7.62. The van der Waals surface area contributed by atoms with E-state index in [4.69, 9.17) is 9.47 Å². The van der Waals surface area contributed by atoms with Crippen molar-refractivity contribution in [1.82, 2.24) is 4.90 Å². The first-order valence-electron chi connectivity index (χ1n) is 9.12. The average molecular weight is 370 g/mol. The Morgan fingerprint density at radius 2 is 1.41 bits per heavy atom. The van der Waals surface area contributed by atoms with E-state index in [1.54, 1.807) is 53.4 Å². The number of hydrogen-bond donors (Lipinski definition) is 1. The van der Waals surface area contributed by atoms with Crippen molar-refractivity contribution in [2.75, 3.05) is 31.6 Å². The highest BCUT2D eigenvalue weighted by atomic mass is 16.5. The van der Waals surface area contributed by atoms with Gasteiger partial charge in [-0.1, -0.05) is 0 Å². The zero-order valence-electron chi connectivity index (χ0n) is 16.0. The standard InChI is InChI=1S/C21H26N2O4/c1-4-23(5-2)21(25)16-7-11-19(12-8-16)27-15-20(24)22-17-9-13-18(14-10-17)26-6-3/h7-14H,4-6,15H2,1-3H3,(H,22,24). The molecule has 27 heavy (non-hydrogen) atoms. The molecule has 0 saturated heterocycles. The Morgan fingerprint density at radius 1 is 0.852 bits per heavy atom. The Bertz CT molecular complexity index is 738. The lowest BCUT2D eigenvalue weighted by Crippen LogP contribution is -2.30. The number of nitrogens with one attached hydrogen (secondary N) is 1. The molecule has 2 aromatic carbocycles. The number of benzene rings is 2. The molecule has 2 amide bonds. The smallest absolute Gasteiger partial charge is 0.262 e. The van der Waals surface area contributed by atoms with Gasteiger partial charge in [-0.2, -0.15) is 0 Å². The fourth-order valence-electron chi connectivity index (χ4n) is 2.53. The Morgan fingerprint density at radius 3 is 1.96 bits per heavy atom. The van der Waals surface area contributed by atoms with Gasteiger partial charge in [-0.15, -0.1) is 0 Å². The first-order valence-corrected chi connectivity index (χ1v) is 9.12. The van der Waals surface area contributed by atoms with Gasteiger partial charge in [0.2, 0.25) is 0 Å². The SMILES string of the molecule is CCOc1ccc(NC(=O)COc2ccc(C(=O)N(CC)CC)cc2)cc1. The lowest BCUT2D eigenvalue weighted by Gasteiger charge is -2.18. The topological polar surface area (TPSA) is 67.9 Å². The van der Waals surface area contributed by atoms with Crippen molar-refractivity contribution in [2.24, 2.45) is 0 Å². The fourth-order valence-corrected chi connectivity index (χ4v) is 2.53. The number of carbonyl (C=O) groups excluding carboxylic acids is 2. The summed E-state index contributed by atoms with van der Waals surface area (Å²) in [6, 6.07) is 14.0. The van der Waals surface area contributed by atoms with Gasteiger partial charge < -0.3 is 19.7 Å². The molecule has 0 unspecified atom stereocenters. The van der Waals surface area contributed by atoms with Gasteiger partial charge in [-0.25, -0.2) is 0 Å². The van der Waals surface area contributed by atoms with Crippen LogP contribution in [0.2, 0.25) is 0 Å². The second kappa shape index (κ2) is 10.2. The number of rotatable bonds is 9. The predicted molar refractivity (Wildman–Crippen MR) is 105 cm³/mol. The van der Waals surface area contributed by atoms with Crippen LogP contribution in [0.5, 0.6) is 11.5 Å². The first-order chi connectivity index (χ1) is 13.1. The van der Waals surface area contributed by atoms with Gasteiger partial charge >= 0.3 is 0 Å². The Balaban J connectivity index is 1.85. The van der Waals surface area contributed by atoms with E-state index in [2.05, 4.69) is 5.32 Å². The predicted octanol–water partition coefficient (Wildman–Crippen LogP) is 3.58. The van der Waals surface area contributed by atoms with Gasteiger partial charge in [0.15, 0.2) is 6.61 Å². The minimum absolute atomic E-state index is 0.0141. The molecule has 0 spiro atoms. The molecule has 2 rings (SSSR count). The van der Waals surface area contributed by atoms with E-state index in [1.165, 1.54) is 0 Å². The van der Waals surface area contributed by atoms with Crippen molar-refractivity contribution in [3.8, 4) is 11.5 Å². The van der Waals surface area contributed by atoms with Gasteiger partial charge in [0.1, 0.15) is 11.5 Å². The summed E-state index contributed by atoms with van der Waals surface area (Å²) in [5.41, 5.74) is 1.28. The molecule has 6 nitrogen and oxygen atoms in total. The van der Waals surface area contributed by atoms with E-state index in [-0.39, 0.29) is 18.4 Å². The molecule has 0 radical (unpaired) electrons. The molecular weight excluding hydrogens is 344 g/mol. The molecule has 0 heterocycles. The monoisotopic (exact) mass is 370 g/mol. The van der Waals surface area contributed by atoms with Gasteiger partial charge in [-0.3, -0.25) is 9.59 Å². The molecule has 0 saturated carbocycles. The van der Waals surface area contributed by atoms with Crippen LogP contribution in [0, 0.1) is 0 Å². The van der Waals surface area contributed by atoms with Crippen molar-refractivity contribution < 1.29 is 19.1 Å². The highest BCUT2D eigenvalue weighted by Crippen LogP contribution is 2.16. The Hall–Kier alpha value is -3.02. The largest absolute Gasteiger partial charge is 0.494 e. The molecule has 0 aliphatic heterocycles. The molecular formula is C21H26N2O4. The summed E-state index contributed by atoms with van der Waals surface area (Å²) >= 11 is 0. The molecule has 1 N–H and O–H groups in total. The molecule has 0 atom stereocenters. The van der Waals surface area contributed by atoms with Crippen molar-refractivity contribution in [3.63, 3.8) is 0 Å². The molecule has 2 aromatic rings. The highest BCUT2D eigenvalue weighted by molar-refractivity contribution is 5.94. The lowest BCUT2D eigenvalue weighted by atomic mass is 10.2. The van der Waals surface area contributed by atoms with Gasteiger partial charge in [-0.05, 0) is 69.3 Å². The van der Waals surface area contributed by atoms with Gasteiger partial charge in [0.05, 0.1) is 6.61 Å². The van der Waals surface area contributed by atoms with E-state index >= 15 is 0 Å². The summed E-state index contributed by atoms with van der Waals surface area (Å²) in [4.78, 5) is 26.0. The van der Waals surface area contributed by atoms with Gasteiger partial charge in [0, 0.05) is 24.3 Å². The van der Waals surface area contributed by atoms with E-state index in [0.717, 1.165) is 5.75 Å². The minimum Gasteiger partial charge on any atom is -0.494 e. The number of anilines is 1. The van der Waals surface area contributed by atoms with Crippen LogP contribution >= 0.6 is 0 Å². The van der Waals surface area contributed by atoms with Crippen LogP contribution in [0.4, 0.5) is 5.69 Å². The zero-order chi connectivity index (χ0) is 19.6. The van der Waals surface area contributed by atoms with Crippen LogP contribution in [0.15, 0.2) is 48.5 Å². The lowest BCUT2D eigenvalue weighted by molar-refractivity contribution is -0.118. The summed E-state index contributed by atoms with van der Waals surface area (Å²) in [7, 11) is 0. The minimum atomic E-state index is -0.262. The third-order valence-electron chi connectivity index (χ3n) is 3.97. The van der Waals surface area contributed by atoms with E-state index < -0.39 is 0 Å². The van der Waals surface area contributed by atoms with Crippen molar-refractivity contribution >= 4 is 17.5 Å². The summed E-state index contributed by atoms with van der Waals surface area (Å²) in [5, 5.41) is 2.76. The number of nitrogens with zero attached hydrogens (tertiary/aromatic N) is 1. The van der Waals surface area contributed by atoms with E-state index in [1.807, 2.05) is 20.8 Å². The second-order valence-corrected chi connectivity index (χ2v) is 5.80. The molecule has 0 aliphatic rings. The van der Waals surface area contributed by atoms with E-state index in [9.17, 15) is 9.59 Å². The summed E-state index contributed by atoms with van der Waals surface area (Å²) < 4.78 is 10.9. The van der Waals surface area contributed by atoms with E-state index in [0.29, 0.717) is 36.7 Å². The number of amides is 2. The number of hydrogen-bond acceptors (Lipinski definition) is 4. The Kier molecular flexibility index (Phi) is 7.67. The van der Waals surface area contributed by atoms with Crippen LogP contribution in [-0.4, -0.2) is 43.0 Å². The summed E-state index contributed by atoms with van der Waals surface area (Å²) in [6.07, 6.45) is 0. The van der Waals surface area contributed by atoms with Crippen LogP contribution in [-0.2, 0) is 4.79 Å². The number of ether oxygens (including phenoxy) is 2. The van der Waals surface area contributed by atoms with Crippen molar-refractivity contribution in [3.05, 3.63) is 54.1 Å². The van der Waals surface area contributed by atoms with Crippen molar-refractivity contribution in [1.29, 1.82) is 0 Å². The maximum atomic E-state index is 12.3. The fraction of sp³-hybridized carbons (Fsp3) is 0.333. The molecule has 0 bridgehead atoms. The van der Waals surface area contributed by atoms with Crippen LogP contribution in [0.1, 0.15) is 31.1 Å². The molecule has 0 aliphatic carbocycles. The van der Waals surface area contributed by atoms with Crippen LogP contribution in [0.25, 0.3) is 0 Å². The first kappa shape index (κ1) is 20.3. The second-order valence-electron chi connectivity index (χ2n) is 5.80. The Labute approximate surface area is 160 Å². The van der Waals surface area contributed by atoms with Crippen molar-refractivity contribution in [2.45, 2.75) is 20.8 Å². The summed E-state index contributed by atoms with van der Waals surface area (Å²) in [5.74, 6) is 1.02. The average Bonchev–Trinajstić information content (AvgIpc) is 2.69. The van der Waals surface area contributed by atoms with Gasteiger partial charge in [0.25, 0.3) is 11.8 Å². The molecule has 144 valence electrons. The third-order valence-corrected chi connectivity index (χ3v) is 3.97. The maximum Gasteiger partial charge on any atom is 0.262 e. The molecule has 6 heteroatoms. The highest BCUT2D eigenvalue weighted by Gasteiger charge is 2.12.